The van der Waals surface area contributed by atoms with Gasteiger partial charge in [-0.15, -0.1) is 11.3 Å². The van der Waals surface area contributed by atoms with Crippen LogP contribution in [0.15, 0.2) is 36.4 Å². The predicted octanol–water partition coefficient (Wildman–Crippen LogP) is 4.65. The Hall–Kier alpha value is -1.96. The summed E-state index contributed by atoms with van der Waals surface area (Å²) >= 11 is 11.2. The molecule has 8 heteroatoms. The van der Waals surface area contributed by atoms with E-state index in [-0.39, 0.29) is 23.2 Å². The number of nitrogens with one attached hydrogen (secondary N) is 2. The first kappa shape index (κ1) is 21.7. The number of esters is 1. The van der Waals surface area contributed by atoms with Crippen molar-refractivity contribution in [3.8, 4) is 0 Å². The highest BCUT2D eigenvalue weighted by atomic mass is 35.5. The molecule has 0 aliphatic heterocycles. The summed E-state index contributed by atoms with van der Waals surface area (Å²) in [5, 5.41) is 3.80. The van der Waals surface area contributed by atoms with Crippen LogP contribution in [-0.4, -0.2) is 34.8 Å². The van der Waals surface area contributed by atoms with Crippen LogP contribution in [0.25, 0.3) is 10.2 Å². The molecule has 2 aromatic heterocycles. The molecule has 2 heterocycles. The molecule has 3 aromatic rings. The third kappa shape index (κ3) is 5.56. The summed E-state index contributed by atoms with van der Waals surface area (Å²) in [4.78, 5) is 26.9. The fraction of sp³-hybridized carbons (Fsp3) is 0.333. The average molecular weight is 451 g/mol. The van der Waals surface area contributed by atoms with E-state index in [0.29, 0.717) is 12.3 Å². The lowest BCUT2D eigenvalue weighted by Crippen LogP contribution is -2.35. The van der Waals surface area contributed by atoms with Crippen LogP contribution in [0.1, 0.15) is 35.5 Å². The number of hydrogen-bond acceptors (Lipinski definition) is 5. The van der Waals surface area contributed by atoms with E-state index in [1.165, 1.54) is 22.5 Å². The molecule has 0 bridgehead atoms. The van der Waals surface area contributed by atoms with Gasteiger partial charge in [-0.05, 0) is 49.9 Å². The summed E-state index contributed by atoms with van der Waals surface area (Å²) < 4.78 is 5.32. The Labute approximate surface area is 184 Å². The molecule has 29 heavy (non-hydrogen) atoms. The van der Waals surface area contributed by atoms with Crippen LogP contribution in [-0.2, 0) is 22.4 Å². The highest BCUT2D eigenvalue weighted by Gasteiger charge is 2.23. The first-order chi connectivity index (χ1) is 13.9. The number of fused-ring (bicyclic) bond motifs is 2. The number of ether oxygens (including phenoxy) is 1. The Morgan fingerprint density at radius 1 is 1.31 bits per heavy atom. The second kappa shape index (κ2) is 9.69. The van der Waals surface area contributed by atoms with Crippen molar-refractivity contribution in [2.24, 2.45) is 0 Å². The van der Waals surface area contributed by atoms with E-state index in [1.54, 1.807) is 13.8 Å². The van der Waals surface area contributed by atoms with Crippen molar-refractivity contribution in [3.05, 3.63) is 57.6 Å². The number of halogens is 1. The van der Waals surface area contributed by atoms with Crippen LogP contribution in [0, 0.1) is 0 Å². The number of aromatic nitrogens is 1. The van der Waals surface area contributed by atoms with Gasteiger partial charge in [-0.2, -0.15) is 12.6 Å². The van der Waals surface area contributed by atoms with E-state index in [2.05, 4.69) is 39.8 Å². The molecule has 4 rings (SSSR count). The molecular weight excluding hydrogens is 428 g/mol. The molecule has 1 aliphatic rings. The zero-order valence-corrected chi connectivity index (χ0v) is 18.7. The lowest BCUT2D eigenvalue weighted by molar-refractivity contribution is -0.142. The SMILES string of the molecule is CCOC(=O)C(C)S.O=C(NC1Cc2ccccc2C1)c1cc2cc(Cl)sc2[nH]1. The summed E-state index contributed by atoms with van der Waals surface area (Å²) in [7, 11) is 0. The Kier molecular flexibility index (Phi) is 7.27. The maximum Gasteiger partial charge on any atom is 0.318 e. The number of benzene rings is 1. The lowest BCUT2D eigenvalue weighted by Gasteiger charge is -2.10. The fourth-order valence-corrected chi connectivity index (χ4v) is 4.40. The largest absolute Gasteiger partial charge is 0.465 e. The second-order valence-electron chi connectivity index (χ2n) is 6.79. The van der Waals surface area contributed by atoms with Gasteiger partial charge in [-0.3, -0.25) is 9.59 Å². The summed E-state index contributed by atoms with van der Waals surface area (Å²) in [6, 6.07) is 12.3. The Balaban J connectivity index is 0.000000258. The van der Waals surface area contributed by atoms with Gasteiger partial charge in [0.05, 0.1) is 16.2 Å². The summed E-state index contributed by atoms with van der Waals surface area (Å²) in [5.41, 5.74) is 3.27. The lowest BCUT2D eigenvalue weighted by atomic mass is 10.1. The minimum absolute atomic E-state index is 0.0488. The van der Waals surface area contributed by atoms with Crippen molar-refractivity contribution in [2.45, 2.75) is 38.0 Å². The number of aromatic amines is 1. The molecule has 1 unspecified atom stereocenters. The maximum atomic E-state index is 12.3. The number of carbonyl (C=O) groups is 2. The molecule has 0 saturated heterocycles. The average Bonchev–Trinajstić information content (AvgIpc) is 3.34. The molecule has 1 atom stereocenters. The smallest absolute Gasteiger partial charge is 0.318 e. The van der Waals surface area contributed by atoms with Gasteiger partial charge in [0.1, 0.15) is 10.5 Å². The van der Waals surface area contributed by atoms with Crippen molar-refractivity contribution in [3.63, 3.8) is 0 Å². The number of amides is 1. The van der Waals surface area contributed by atoms with Gasteiger partial charge in [0.15, 0.2) is 0 Å². The molecule has 154 valence electrons. The summed E-state index contributed by atoms with van der Waals surface area (Å²) in [5.74, 6) is -0.303. The van der Waals surface area contributed by atoms with E-state index in [9.17, 15) is 9.59 Å². The van der Waals surface area contributed by atoms with E-state index in [0.717, 1.165) is 27.4 Å². The number of thiophene rings is 1. The number of thiol groups is 1. The second-order valence-corrected chi connectivity index (χ2v) is 9.25. The monoisotopic (exact) mass is 450 g/mol. The number of rotatable bonds is 4. The quantitative estimate of drug-likeness (QED) is 0.400. The van der Waals surface area contributed by atoms with E-state index < -0.39 is 0 Å². The van der Waals surface area contributed by atoms with Gasteiger partial charge in [-0.1, -0.05) is 35.9 Å². The zero-order valence-electron chi connectivity index (χ0n) is 16.2. The van der Waals surface area contributed by atoms with Gasteiger partial charge in [0.2, 0.25) is 0 Å². The van der Waals surface area contributed by atoms with E-state index in [1.807, 2.05) is 24.3 Å². The van der Waals surface area contributed by atoms with Gasteiger partial charge in [0.25, 0.3) is 5.91 Å². The van der Waals surface area contributed by atoms with Crippen molar-refractivity contribution in [1.29, 1.82) is 0 Å². The first-order valence-corrected chi connectivity index (χ1v) is 11.1. The third-order valence-corrected chi connectivity index (χ3v) is 5.94. The summed E-state index contributed by atoms with van der Waals surface area (Å²) in [6.07, 6.45) is 1.81. The molecule has 1 amide bonds. The van der Waals surface area contributed by atoms with Crippen LogP contribution in [0.3, 0.4) is 0 Å². The van der Waals surface area contributed by atoms with Crippen molar-refractivity contribution >= 4 is 57.7 Å². The third-order valence-electron chi connectivity index (χ3n) is 4.54. The van der Waals surface area contributed by atoms with Crippen molar-refractivity contribution in [1.82, 2.24) is 10.3 Å². The molecule has 1 aromatic carbocycles. The fourth-order valence-electron chi connectivity index (χ4n) is 3.20. The van der Waals surface area contributed by atoms with Gasteiger partial charge in [-0.25, -0.2) is 0 Å². The molecule has 1 aliphatic carbocycles. The van der Waals surface area contributed by atoms with Crippen LogP contribution >= 0.6 is 35.6 Å². The number of carbonyl (C=O) groups excluding carboxylic acids is 2. The normalized spacial score (nSPS) is 14.1. The summed E-state index contributed by atoms with van der Waals surface area (Å²) in [6.45, 7) is 3.89. The van der Waals surface area contributed by atoms with Crippen LogP contribution in [0.5, 0.6) is 0 Å². The van der Waals surface area contributed by atoms with Crippen molar-refractivity contribution in [2.75, 3.05) is 6.61 Å². The number of hydrogen-bond donors (Lipinski definition) is 3. The van der Waals surface area contributed by atoms with Crippen LogP contribution < -0.4 is 5.32 Å². The number of H-pyrrole nitrogens is 1. The topological polar surface area (TPSA) is 71.2 Å². The predicted molar refractivity (Wildman–Crippen MR) is 121 cm³/mol. The van der Waals surface area contributed by atoms with E-state index >= 15 is 0 Å². The molecule has 0 saturated carbocycles. The minimum atomic E-state index is -0.296. The highest BCUT2D eigenvalue weighted by molar-refractivity contribution is 7.81. The highest BCUT2D eigenvalue weighted by Crippen LogP contribution is 2.29. The standard InChI is InChI=1S/C16H13ClN2OS.C5H10O2S/c17-14-8-11-7-13(19-16(11)21-14)15(20)18-12-5-9-3-1-2-4-10(9)6-12;1-3-7-5(6)4(2)8/h1-4,7-8,12,19H,5-6H2,(H,18,20);4,8H,3H2,1-2H3. The van der Waals surface area contributed by atoms with Crippen LogP contribution in [0.4, 0.5) is 0 Å². The maximum absolute atomic E-state index is 12.3. The van der Waals surface area contributed by atoms with E-state index in [4.69, 9.17) is 11.6 Å². The first-order valence-electron chi connectivity index (χ1n) is 9.37. The van der Waals surface area contributed by atoms with Crippen LogP contribution in [0.2, 0.25) is 4.34 Å². The molecule has 5 nitrogen and oxygen atoms in total. The molecule has 0 fully saturated rings. The van der Waals surface area contributed by atoms with Gasteiger partial charge >= 0.3 is 5.97 Å². The minimum Gasteiger partial charge on any atom is -0.465 e. The van der Waals surface area contributed by atoms with Gasteiger partial charge in [0, 0.05) is 11.4 Å². The molecule has 0 spiro atoms. The molecule has 0 radical (unpaired) electrons. The zero-order chi connectivity index (χ0) is 21.0. The Bertz CT molecular complexity index is 956. The molecule has 2 N–H and O–H groups in total. The Morgan fingerprint density at radius 3 is 2.48 bits per heavy atom. The van der Waals surface area contributed by atoms with Gasteiger partial charge < -0.3 is 15.0 Å². The Morgan fingerprint density at radius 2 is 1.97 bits per heavy atom. The molecular formula is C21H23ClN2O3S2. The van der Waals surface area contributed by atoms with Crippen molar-refractivity contribution < 1.29 is 14.3 Å².